The quantitative estimate of drug-likeness (QED) is 0.743. The molecule has 0 spiro atoms. The van der Waals surface area contributed by atoms with E-state index in [0.717, 1.165) is 17.5 Å². The molecule has 0 atom stereocenters. The van der Waals surface area contributed by atoms with E-state index in [0.29, 0.717) is 11.3 Å². The fourth-order valence-electron chi connectivity index (χ4n) is 1.78. The molecule has 92 valence electrons. The molecule has 2 N–H and O–H groups in total. The van der Waals surface area contributed by atoms with Crippen LogP contribution >= 0.6 is 0 Å². The Morgan fingerprint density at radius 2 is 1.75 bits per heavy atom. The summed E-state index contributed by atoms with van der Waals surface area (Å²) < 4.78 is 13.8. The summed E-state index contributed by atoms with van der Waals surface area (Å²) in [4.78, 5) is 0. The van der Waals surface area contributed by atoms with Gasteiger partial charge in [-0.05, 0) is 56.0 Å². The molecule has 0 saturated heterocycles. The van der Waals surface area contributed by atoms with E-state index in [9.17, 15) is 4.39 Å². The summed E-state index contributed by atoms with van der Waals surface area (Å²) in [6, 6.07) is 3.65. The summed E-state index contributed by atoms with van der Waals surface area (Å²) in [7, 11) is 0. The van der Waals surface area contributed by atoms with Crippen molar-refractivity contribution >= 4 is 5.69 Å². The third kappa shape index (κ3) is 3.51. The molecule has 1 nitrogen and oxygen atoms in total. The summed E-state index contributed by atoms with van der Waals surface area (Å²) in [5.41, 5.74) is 7.92. The lowest BCUT2D eigenvalue weighted by Crippen LogP contribution is -2.13. The Morgan fingerprint density at radius 3 is 2.12 bits per heavy atom. The number of anilines is 1. The first-order valence-electron chi connectivity index (χ1n) is 5.94. The Labute approximate surface area is 98.9 Å². The molecule has 0 amide bonds. The SMILES string of the molecule is CC.CCc1cc(N)cc(C(C)(C)F)c1C. The summed E-state index contributed by atoms with van der Waals surface area (Å²) in [6.45, 7) is 11.1. The van der Waals surface area contributed by atoms with Crippen molar-refractivity contribution in [1.82, 2.24) is 0 Å². The number of alkyl halides is 1. The fourth-order valence-corrected chi connectivity index (χ4v) is 1.78. The van der Waals surface area contributed by atoms with E-state index in [4.69, 9.17) is 5.73 Å². The Hall–Kier alpha value is -1.05. The normalized spacial score (nSPS) is 10.7. The molecule has 0 radical (unpaired) electrons. The van der Waals surface area contributed by atoms with Crippen molar-refractivity contribution in [2.75, 3.05) is 5.73 Å². The third-order valence-corrected chi connectivity index (χ3v) is 2.56. The molecule has 0 bridgehead atoms. The van der Waals surface area contributed by atoms with E-state index in [1.54, 1.807) is 19.9 Å². The number of aryl methyl sites for hydroxylation is 1. The topological polar surface area (TPSA) is 26.0 Å². The van der Waals surface area contributed by atoms with Crippen LogP contribution in [0.1, 0.15) is 51.3 Å². The van der Waals surface area contributed by atoms with Crippen molar-refractivity contribution in [1.29, 1.82) is 0 Å². The molecular formula is C14H24FN. The summed E-state index contributed by atoms with van der Waals surface area (Å²) >= 11 is 0. The van der Waals surface area contributed by atoms with Crippen molar-refractivity contribution in [3.8, 4) is 0 Å². The highest BCUT2D eigenvalue weighted by atomic mass is 19.1. The lowest BCUT2D eigenvalue weighted by molar-refractivity contribution is 0.220. The van der Waals surface area contributed by atoms with E-state index in [-0.39, 0.29) is 0 Å². The van der Waals surface area contributed by atoms with Gasteiger partial charge in [0.05, 0.1) is 0 Å². The van der Waals surface area contributed by atoms with E-state index >= 15 is 0 Å². The van der Waals surface area contributed by atoms with Crippen molar-refractivity contribution in [2.45, 2.75) is 53.6 Å². The van der Waals surface area contributed by atoms with Crippen LogP contribution in [-0.4, -0.2) is 0 Å². The van der Waals surface area contributed by atoms with Crippen molar-refractivity contribution < 1.29 is 4.39 Å². The zero-order valence-corrected chi connectivity index (χ0v) is 11.3. The number of nitrogen functional groups attached to an aromatic ring is 1. The van der Waals surface area contributed by atoms with Crippen LogP contribution in [0.25, 0.3) is 0 Å². The average molecular weight is 225 g/mol. The van der Waals surface area contributed by atoms with Gasteiger partial charge < -0.3 is 5.73 Å². The second kappa shape index (κ2) is 5.88. The molecule has 1 aromatic rings. The molecule has 0 saturated carbocycles. The van der Waals surface area contributed by atoms with Gasteiger partial charge in [0.25, 0.3) is 0 Å². The first-order chi connectivity index (χ1) is 7.36. The highest BCUT2D eigenvalue weighted by Gasteiger charge is 2.22. The molecule has 0 heterocycles. The standard InChI is InChI=1S/C12H18FN.C2H6/c1-5-9-6-10(14)7-11(8(9)2)12(3,4)13;1-2/h6-7H,5,14H2,1-4H3;1-2H3. The second-order valence-corrected chi connectivity index (χ2v) is 4.18. The maximum absolute atomic E-state index is 13.8. The van der Waals surface area contributed by atoms with E-state index in [2.05, 4.69) is 6.92 Å². The minimum atomic E-state index is -1.32. The Kier molecular flexibility index (Phi) is 5.49. The number of benzene rings is 1. The zero-order chi connectivity index (χ0) is 12.9. The van der Waals surface area contributed by atoms with Gasteiger partial charge >= 0.3 is 0 Å². The van der Waals surface area contributed by atoms with Crippen LogP contribution in [0.15, 0.2) is 12.1 Å². The first kappa shape index (κ1) is 14.9. The third-order valence-electron chi connectivity index (χ3n) is 2.56. The van der Waals surface area contributed by atoms with Gasteiger partial charge in [-0.1, -0.05) is 20.8 Å². The molecule has 2 heteroatoms. The van der Waals surface area contributed by atoms with Gasteiger partial charge in [0.1, 0.15) is 5.67 Å². The monoisotopic (exact) mass is 225 g/mol. The highest BCUT2D eigenvalue weighted by molar-refractivity contribution is 5.51. The van der Waals surface area contributed by atoms with Gasteiger partial charge in [-0.15, -0.1) is 0 Å². The smallest absolute Gasteiger partial charge is 0.130 e. The van der Waals surface area contributed by atoms with Gasteiger partial charge in [0, 0.05) is 5.69 Å². The number of hydrogen-bond acceptors (Lipinski definition) is 1. The van der Waals surface area contributed by atoms with Crippen LogP contribution in [0.4, 0.5) is 10.1 Å². The van der Waals surface area contributed by atoms with Gasteiger partial charge in [0.2, 0.25) is 0 Å². The Morgan fingerprint density at radius 1 is 1.25 bits per heavy atom. The number of hydrogen-bond donors (Lipinski definition) is 1. The molecule has 1 rings (SSSR count). The number of nitrogens with two attached hydrogens (primary N) is 1. The molecule has 0 aliphatic carbocycles. The maximum Gasteiger partial charge on any atom is 0.130 e. The van der Waals surface area contributed by atoms with Gasteiger partial charge in [0.15, 0.2) is 0 Å². The van der Waals surface area contributed by atoms with Crippen LogP contribution in [0.3, 0.4) is 0 Å². The van der Waals surface area contributed by atoms with E-state index in [1.165, 1.54) is 0 Å². The minimum Gasteiger partial charge on any atom is -0.399 e. The fraction of sp³-hybridized carbons (Fsp3) is 0.571. The molecule has 1 aromatic carbocycles. The summed E-state index contributed by atoms with van der Waals surface area (Å²) in [5.74, 6) is 0. The van der Waals surface area contributed by atoms with Crippen LogP contribution in [-0.2, 0) is 12.1 Å². The number of rotatable bonds is 2. The van der Waals surface area contributed by atoms with Crippen LogP contribution in [0.5, 0.6) is 0 Å². The summed E-state index contributed by atoms with van der Waals surface area (Å²) in [5, 5.41) is 0. The largest absolute Gasteiger partial charge is 0.399 e. The van der Waals surface area contributed by atoms with E-state index < -0.39 is 5.67 Å². The summed E-state index contributed by atoms with van der Waals surface area (Å²) in [6.07, 6.45) is 0.889. The predicted octanol–water partition coefficient (Wildman–Crippen LogP) is 4.37. The predicted molar refractivity (Wildman–Crippen MR) is 70.5 cm³/mol. The van der Waals surface area contributed by atoms with Crippen LogP contribution < -0.4 is 5.73 Å². The molecule has 0 aliphatic rings. The van der Waals surface area contributed by atoms with Crippen molar-refractivity contribution in [3.05, 3.63) is 28.8 Å². The molecule has 0 aromatic heterocycles. The Balaban J connectivity index is 0.00000106. The molecule has 16 heavy (non-hydrogen) atoms. The maximum atomic E-state index is 13.8. The first-order valence-corrected chi connectivity index (χ1v) is 5.94. The minimum absolute atomic E-state index is 0.646. The van der Waals surface area contributed by atoms with Crippen LogP contribution in [0, 0.1) is 6.92 Å². The van der Waals surface area contributed by atoms with Crippen molar-refractivity contribution in [2.24, 2.45) is 0 Å². The molecule has 0 unspecified atom stereocenters. The van der Waals surface area contributed by atoms with Crippen LogP contribution in [0.2, 0.25) is 0 Å². The average Bonchev–Trinajstić information content (AvgIpc) is 2.22. The molecule has 0 fully saturated rings. The van der Waals surface area contributed by atoms with Gasteiger partial charge in [-0.25, -0.2) is 4.39 Å². The van der Waals surface area contributed by atoms with E-state index in [1.807, 2.05) is 26.8 Å². The lowest BCUT2D eigenvalue weighted by atomic mass is 9.90. The number of halogens is 1. The lowest BCUT2D eigenvalue weighted by Gasteiger charge is -2.20. The second-order valence-electron chi connectivity index (χ2n) is 4.18. The highest BCUT2D eigenvalue weighted by Crippen LogP contribution is 2.31. The van der Waals surface area contributed by atoms with Crippen molar-refractivity contribution in [3.63, 3.8) is 0 Å². The zero-order valence-electron chi connectivity index (χ0n) is 11.3. The Bertz CT molecular complexity index is 337. The van der Waals surface area contributed by atoms with Gasteiger partial charge in [-0.2, -0.15) is 0 Å². The molecule has 0 aliphatic heterocycles. The van der Waals surface area contributed by atoms with Gasteiger partial charge in [-0.3, -0.25) is 0 Å². The molecular weight excluding hydrogens is 201 g/mol.